The Morgan fingerprint density at radius 3 is 2.81 bits per heavy atom. The molecule has 2 aliphatic heterocycles. The van der Waals surface area contributed by atoms with Crippen molar-refractivity contribution in [3.05, 3.63) is 94.4 Å². The molecule has 1 fully saturated rings. The van der Waals surface area contributed by atoms with E-state index in [1.807, 2.05) is 31.5 Å². The first-order chi connectivity index (χ1) is 20.6. The number of pyridine rings is 1. The number of nitrogens with zero attached hydrogens (tertiary/aromatic N) is 3. The van der Waals surface area contributed by atoms with Crippen molar-refractivity contribution < 1.29 is 14.2 Å². The molecule has 2 atom stereocenters. The van der Waals surface area contributed by atoms with Gasteiger partial charge in [0.2, 0.25) is 0 Å². The summed E-state index contributed by atoms with van der Waals surface area (Å²) in [4.78, 5) is 31.2. The van der Waals surface area contributed by atoms with Crippen LogP contribution in [0.1, 0.15) is 29.1 Å². The highest BCUT2D eigenvalue weighted by atomic mass is 32.2. The predicted molar refractivity (Wildman–Crippen MR) is 165 cm³/mol. The van der Waals surface area contributed by atoms with E-state index < -0.39 is 0 Å². The fourth-order valence-corrected chi connectivity index (χ4v) is 7.44. The molecule has 2 aromatic heterocycles. The second-order valence-corrected chi connectivity index (χ2v) is 12.2. The zero-order chi connectivity index (χ0) is 28.9. The molecule has 0 bridgehead atoms. The number of hydrogen-bond acceptors (Lipinski definition) is 10. The Morgan fingerprint density at radius 1 is 1.10 bits per heavy atom. The van der Waals surface area contributed by atoms with Gasteiger partial charge in [0.1, 0.15) is 17.8 Å². The van der Waals surface area contributed by atoms with Gasteiger partial charge in [-0.2, -0.15) is 0 Å². The molecule has 218 valence electrons. The molecular formula is C31H33N5O4S2. The highest BCUT2D eigenvalue weighted by Crippen LogP contribution is 2.52. The molecule has 6 rings (SSSR count). The lowest BCUT2D eigenvalue weighted by Crippen LogP contribution is -2.41. The van der Waals surface area contributed by atoms with Crippen LogP contribution in [0.5, 0.6) is 0 Å². The van der Waals surface area contributed by atoms with E-state index in [0.29, 0.717) is 51.0 Å². The third-order valence-corrected chi connectivity index (χ3v) is 9.72. The number of aromatic amines is 1. The summed E-state index contributed by atoms with van der Waals surface area (Å²) < 4.78 is 17.2. The topological polar surface area (TPSA) is 102 Å². The summed E-state index contributed by atoms with van der Waals surface area (Å²) in [7, 11) is 1.66. The van der Waals surface area contributed by atoms with Gasteiger partial charge < -0.3 is 29.4 Å². The van der Waals surface area contributed by atoms with Crippen molar-refractivity contribution in [3.63, 3.8) is 0 Å². The number of H-pyrrole nitrogens is 1. The van der Waals surface area contributed by atoms with Crippen molar-refractivity contribution in [1.82, 2.24) is 15.0 Å². The standard InChI is InChI=1S/C31H33N5O4S2/c1-20-16-33-30(34-17-20)23(19-39-14-13-38-2)35-21-8-9-26-28(15-21)41-27-7-3-5-22(29(27)42-26)25-18-36(11-12-40-25)24-6-4-10-32-31(24)37/h3-10,15-17,23,25,35H,11-14,18-19H2,1-2H3,(H,32,37). The maximum absolute atomic E-state index is 12.4. The van der Waals surface area contributed by atoms with Crippen LogP contribution in [0.15, 0.2) is 91.5 Å². The summed E-state index contributed by atoms with van der Waals surface area (Å²) in [6.07, 6.45) is 5.19. The van der Waals surface area contributed by atoms with Crippen molar-refractivity contribution in [2.75, 3.05) is 56.8 Å². The minimum Gasteiger partial charge on any atom is -0.382 e. The molecule has 0 saturated carbocycles. The molecule has 2 aromatic carbocycles. The van der Waals surface area contributed by atoms with Gasteiger partial charge in [0.05, 0.1) is 26.4 Å². The fourth-order valence-electron chi connectivity index (χ4n) is 4.99. The van der Waals surface area contributed by atoms with Gasteiger partial charge >= 0.3 is 0 Å². The van der Waals surface area contributed by atoms with Gasteiger partial charge in [0, 0.05) is 64.1 Å². The second kappa shape index (κ2) is 13.3. The molecule has 11 heteroatoms. The minimum atomic E-state index is -0.205. The van der Waals surface area contributed by atoms with Crippen molar-refractivity contribution in [3.8, 4) is 0 Å². The number of aryl methyl sites for hydroxylation is 1. The predicted octanol–water partition coefficient (Wildman–Crippen LogP) is 5.48. The first-order valence-corrected chi connectivity index (χ1v) is 15.5. The Kier molecular flexibility index (Phi) is 9.11. The average Bonchev–Trinajstić information content (AvgIpc) is 3.02. The smallest absolute Gasteiger partial charge is 0.271 e. The number of nitrogens with one attached hydrogen (secondary N) is 2. The number of aromatic nitrogens is 3. The third-order valence-electron chi connectivity index (χ3n) is 7.11. The SMILES string of the molecule is COCCOCC(Nc1ccc2c(c1)Sc1cccc(C3CN(c4ccc[nH]c4=O)CCO3)c1S2)c1ncc(C)cn1. The van der Waals surface area contributed by atoms with Crippen LogP contribution in [0.4, 0.5) is 11.4 Å². The van der Waals surface area contributed by atoms with Gasteiger partial charge in [-0.05, 0) is 54.4 Å². The van der Waals surface area contributed by atoms with E-state index in [2.05, 4.69) is 61.6 Å². The first-order valence-electron chi connectivity index (χ1n) is 13.9. The van der Waals surface area contributed by atoms with Gasteiger partial charge in [0.15, 0.2) is 5.82 Å². The van der Waals surface area contributed by atoms with Crippen molar-refractivity contribution in [2.24, 2.45) is 0 Å². The summed E-state index contributed by atoms with van der Waals surface area (Å²) in [6.45, 7) is 5.30. The fraction of sp³-hybridized carbons (Fsp3) is 0.323. The van der Waals surface area contributed by atoms with Gasteiger partial charge in [-0.3, -0.25) is 4.79 Å². The third kappa shape index (κ3) is 6.50. The normalized spacial score (nSPS) is 16.9. The molecule has 2 unspecified atom stereocenters. The average molecular weight is 604 g/mol. The summed E-state index contributed by atoms with van der Waals surface area (Å²) in [5, 5.41) is 3.59. The van der Waals surface area contributed by atoms with E-state index in [-0.39, 0.29) is 17.7 Å². The first kappa shape index (κ1) is 28.8. The molecular weight excluding hydrogens is 571 g/mol. The van der Waals surface area contributed by atoms with Crippen LogP contribution in [0.25, 0.3) is 0 Å². The van der Waals surface area contributed by atoms with E-state index in [1.54, 1.807) is 36.8 Å². The molecule has 0 amide bonds. The van der Waals surface area contributed by atoms with Crippen LogP contribution in [0, 0.1) is 6.92 Å². The monoisotopic (exact) mass is 603 g/mol. The number of rotatable bonds is 10. The molecule has 4 heterocycles. The maximum Gasteiger partial charge on any atom is 0.271 e. The molecule has 2 aliphatic rings. The minimum absolute atomic E-state index is 0.0748. The van der Waals surface area contributed by atoms with Gasteiger partial charge in [0.25, 0.3) is 5.56 Å². The Labute approximate surface area is 253 Å². The largest absolute Gasteiger partial charge is 0.382 e. The molecule has 9 nitrogen and oxygen atoms in total. The molecule has 4 aromatic rings. The van der Waals surface area contributed by atoms with Crippen LogP contribution in [0.3, 0.4) is 0 Å². The summed E-state index contributed by atoms with van der Waals surface area (Å²) in [5.74, 6) is 0.687. The molecule has 1 saturated heterocycles. The quantitative estimate of drug-likeness (QED) is 0.200. The maximum atomic E-state index is 12.4. The van der Waals surface area contributed by atoms with Crippen molar-refractivity contribution >= 4 is 34.9 Å². The number of methoxy groups -OCH3 is 1. The Morgan fingerprint density at radius 2 is 1.98 bits per heavy atom. The van der Waals surface area contributed by atoms with Crippen LogP contribution in [-0.2, 0) is 14.2 Å². The lowest BCUT2D eigenvalue weighted by molar-refractivity contribution is 0.0378. The van der Waals surface area contributed by atoms with Crippen LogP contribution < -0.4 is 15.8 Å². The number of ether oxygens (including phenoxy) is 3. The number of morpholine rings is 1. The number of benzene rings is 2. The number of hydrogen-bond donors (Lipinski definition) is 2. The van der Waals surface area contributed by atoms with E-state index >= 15 is 0 Å². The van der Waals surface area contributed by atoms with E-state index in [9.17, 15) is 4.79 Å². The van der Waals surface area contributed by atoms with Crippen LogP contribution in [0.2, 0.25) is 0 Å². The lowest BCUT2D eigenvalue weighted by Gasteiger charge is -2.35. The lowest BCUT2D eigenvalue weighted by atomic mass is 10.1. The van der Waals surface area contributed by atoms with E-state index in [1.165, 1.54) is 19.6 Å². The molecule has 42 heavy (non-hydrogen) atoms. The zero-order valence-corrected chi connectivity index (χ0v) is 25.2. The highest BCUT2D eigenvalue weighted by Gasteiger charge is 2.29. The Balaban J connectivity index is 1.20. The van der Waals surface area contributed by atoms with E-state index in [4.69, 9.17) is 14.2 Å². The molecule has 2 N–H and O–H groups in total. The van der Waals surface area contributed by atoms with Crippen molar-refractivity contribution in [2.45, 2.75) is 38.7 Å². The van der Waals surface area contributed by atoms with Gasteiger partial charge in [-0.1, -0.05) is 35.7 Å². The highest BCUT2D eigenvalue weighted by molar-refractivity contribution is 8.05. The van der Waals surface area contributed by atoms with Gasteiger partial charge in [-0.25, -0.2) is 9.97 Å². The van der Waals surface area contributed by atoms with Crippen LogP contribution in [-0.4, -0.2) is 61.6 Å². The van der Waals surface area contributed by atoms with Crippen molar-refractivity contribution in [1.29, 1.82) is 0 Å². The summed E-state index contributed by atoms with van der Waals surface area (Å²) in [6, 6.07) is 16.4. The van der Waals surface area contributed by atoms with Gasteiger partial charge in [-0.15, -0.1) is 0 Å². The second-order valence-electron chi connectivity index (χ2n) is 10.1. The Bertz CT molecular complexity index is 1580. The zero-order valence-electron chi connectivity index (χ0n) is 23.5. The summed E-state index contributed by atoms with van der Waals surface area (Å²) >= 11 is 3.53. The molecule has 0 spiro atoms. The Hall–Kier alpha value is -3.35. The van der Waals surface area contributed by atoms with E-state index in [0.717, 1.165) is 16.8 Å². The molecule has 0 radical (unpaired) electrons. The summed E-state index contributed by atoms with van der Waals surface area (Å²) in [5.41, 5.74) is 3.75. The molecule has 0 aliphatic carbocycles. The number of fused-ring (bicyclic) bond motifs is 2. The number of anilines is 2. The van der Waals surface area contributed by atoms with Crippen LogP contribution >= 0.6 is 23.5 Å².